The Balaban J connectivity index is 1.23. The zero-order valence-corrected chi connectivity index (χ0v) is 24.2. The lowest BCUT2D eigenvalue weighted by molar-refractivity contribution is -0.144. The summed E-state index contributed by atoms with van der Waals surface area (Å²) in [5.41, 5.74) is 3.10. The van der Waals surface area contributed by atoms with Gasteiger partial charge in [-0.1, -0.05) is 83.3 Å². The first-order valence-electron chi connectivity index (χ1n) is 13.1. The summed E-state index contributed by atoms with van der Waals surface area (Å²) in [6.45, 7) is 2.22. The van der Waals surface area contributed by atoms with E-state index >= 15 is 0 Å². The van der Waals surface area contributed by atoms with E-state index in [1.165, 1.54) is 22.9 Å². The second-order valence-electron chi connectivity index (χ2n) is 9.78. The first-order chi connectivity index (χ1) is 19.8. The minimum absolute atomic E-state index is 0.00359. The van der Waals surface area contributed by atoms with E-state index in [9.17, 15) is 14.4 Å². The van der Waals surface area contributed by atoms with Gasteiger partial charge < -0.3 is 14.8 Å². The van der Waals surface area contributed by atoms with E-state index in [0.717, 1.165) is 16.7 Å². The number of amides is 2. The van der Waals surface area contributed by atoms with Gasteiger partial charge in [0, 0.05) is 43.5 Å². The summed E-state index contributed by atoms with van der Waals surface area (Å²) in [4.78, 5) is 42.2. The number of carbonyl (C=O) groups is 2. The first kappa shape index (κ1) is 28.9. The van der Waals surface area contributed by atoms with Crippen molar-refractivity contribution in [1.29, 1.82) is 0 Å². The minimum Gasteiger partial charge on any atom is -0.332 e. The van der Waals surface area contributed by atoms with E-state index in [1.807, 2.05) is 42.5 Å². The molecule has 0 saturated carbocycles. The number of nitrogens with zero attached hydrogens (tertiary/aromatic N) is 3. The Kier molecular flexibility index (Phi) is 9.10. The fraction of sp³-hybridized carbons (Fsp3) is 0.194. The van der Waals surface area contributed by atoms with Crippen LogP contribution in [0.1, 0.15) is 22.7 Å². The molecule has 1 saturated heterocycles. The van der Waals surface area contributed by atoms with Gasteiger partial charge in [0.25, 0.3) is 5.56 Å². The van der Waals surface area contributed by atoms with E-state index < -0.39 is 11.8 Å². The highest BCUT2D eigenvalue weighted by Crippen LogP contribution is 2.30. The third-order valence-corrected chi connectivity index (χ3v) is 8.03. The maximum absolute atomic E-state index is 13.1. The number of hydrogen-bond donors (Lipinski definition) is 1. The van der Waals surface area contributed by atoms with Crippen molar-refractivity contribution in [2.45, 2.75) is 12.6 Å². The predicted octanol–water partition coefficient (Wildman–Crippen LogP) is 5.73. The van der Waals surface area contributed by atoms with Crippen LogP contribution < -0.4 is 10.9 Å². The number of anilines is 1. The first-order valence-corrected chi connectivity index (χ1v) is 14.2. The highest BCUT2D eigenvalue weighted by Gasteiger charge is 2.30. The molecule has 4 aromatic rings. The smallest absolute Gasteiger partial charge is 0.313 e. The number of piperazine rings is 1. The third kappa shape index (κ3) is 7.00. The Labute approximate surface area is 252 Å². The molecule has 5 rings (SSSR count). The fourth-order valence-corrected chi connectivity index (χ4v) is 5.42. The molecule has 1 unspecified atom stereocenters. The molecule has 3 aromatic carbocycles. The average Bonchev–Trinajstić information content (AvgIpc) is 2.98. The quantitative estimate of drug-likeness (QED) is 0.284. The van der Waals surface area contributed by atoms with Crippen LogP contribution in [0.15, 0.2) is 95.9 Å². The summed E-state index contributed by atoms with van der Waals surface area (Å²) in [5.74, 6) is -1.37. The van der Waals surface area contributed by atoms with Gasteiger partial charge in [-0.15, -0.1) is 0 Å². The van der Waals surface area contributed by atoms with Crippen LogP contribution in [0.5, 0.6) is 0 Å². The SMILES string of the molecule is O=C(Nc1ccc(=O)n(Cc2ccc(Cl)c(Cl)c2)c1)C(=O)N1CCN(C(c2ccccc2)c2ccc(Cl)cc2)CC1. The van der Waals surface area contributed by atoms with Crippen molar-refractivity contribution in [2.75, 3.05) is 31.5 Å². The predicted molar refractivity (Wildman–Crippen MR) is 163 cm³/mol. The molecule has 41 heavy (non-hydrogen) atoms. The van der Waals surface area contributed by atoms with Gasteiger partial charge in [0.2, 0.25) is 0 Å². The summed E-state index contributed by atoms with van der Waals surface area (Å²) in [6, 6.07) is 25.9. The summed E-state index contributed by atoms with van der Waals surface area (Å²) in [5, 5.41) is 4.12. The minimum atomic E-state index is -0.754. The Hall–Kier alpha value is -3.62. The van der Waals surface area contributed by atoms with Crippen molar-refractivity contribution in [3.05, 3.63) is 133 Å². The second-order valence-corrected chi connectivity index (χ2v) is 11.0. The van der Waals surface area contributed by atoms with Crippen molar-refractivity contribution in [3.8, 4) is 0 Å². The summed E-state index contributed by atoms with van der Waals surface area (Å²) in [6.07, 6.45) is 1.50. The van der Waals surface area contributed by atoms with Gasteiger partial charge >= 0.3 is 11.8 Å². The van der Waals surface area contributed by atoms with E-state index in [2.05, 4.69) is 22.3 Å². The van der Waals surface area contributed by atoms with Crippen LogP contribution in [0.3, 0.4) is 0 Å². The molecule has 10 heteroatoms. The van der Waals surface area contributed by atoms with Crippen molar-refractivity contribution < 1.29 is 9.59 Å². The lowest BCUT2D eigenvalue weighted by Crippen LogP contribution is -2.52. The molecule has 210 valence electrons. The number of pyridine rings is 1. The van der Waals surface area contributed by atoms with Crippen LogP contribution in [-0.4, -0.2) is 52.4 Å². The van der Waals surface area contributed by atoms with Gasteiger partial charge in [-0.3, -0.25) is 19.3 Å². The Morgan fingerprint density at radius 3 is 2.15 bits per heavy atom. The maximum Gasteiger partial charge on any atom is 0.313 e. The normalized spacial score (nSPS) is 14.5. The largest absolute Gasteiger partial charge is 0.332 e. The summed E-state index contributed by atoms with van der Waals surface area (Å²) >= 11 is 18.2. The molecular formula is C31H27Cl3N4O3. The number of hydrogen-bond acceptors (Lipinski definition) is 4. The fourth-order valence-electron chi connectivity index (χ4n) is 4.97. The molecule has 1 fully saturated rings. The molecule has 2 amide bonds. The highest BCUT2D eigenvalue weighted by atomic mass is 35.5. The van der Waals surface area contributed by atoms with Gasteiger partial charge in [-0.05, 0) is 47.0 Å². The van der Waals surface area contributed by atoms with Crippen LogP contribution in [-0.2, 0) is 16.1 Å². The number of halogens is 3. The van der Waals surface area contributed by atoms with Crippen LogP contribution in [0.4, 0.5) is 5.69 Å². The molecular weight excluding hydrogens is 583 g/mol. The van der Waals surface area contributed by atoms with E-state index in [-0.39, 0.29) is 18.1 Å². The molecule has 0 spiro atoms. The molecule has 2 heterocycles. The lowest BCUT2D eigenvalue weighted by atomic mass is 9.96. The summed E-state index contributed by atoms with van der Waals surface area (Å²) < 4.78 is 1.43. The molecule has 0 radical (unpaired) electrons. The van der Waals surface area contributed by atoms with Gasteiger partial charge in [0.1, 0.15) is 0 Å². The van der Waals surface area contributed by atoms with E-state index in [1.54, 1.807) is 23.1 Å². The number of aromatic nitrogens is 1. The van der Waals surface area contributed by atoms with E-state index in [0.29, 0.717) is 46.9 Å². The summed E-state index contributed by atoms with van der Waals surface area (Å²) in [7, 11) is 0. The molecule has 0 bridgehead atoms. The molecule has 1 aliphatic heterocycles. The monoisotopic (exact) mass is 608 g/mol. The van der Waals surface area contributed by atoms with E-state index in [4.69, 9.17) is 34.8 Å². The second kappa shape index (κ2) is 12.9. The molecule has 1 N–H and O–H groups in total. The standard InChI is InChI=1S/C31H27Cl3N4O3/c32-24-9-7-23(8-10-24)29(22-4-2-1-3-5-22)36-14-16-37(17-15-36)31(41)30(40)35-25-11-13-28(39)38(20-25)19-21-6-12-26(33)27(34)18-21/h1-13,18,20,29H,14-17,19H2,(H,35,40). The van der Waals surface area contributed by atoms with Gasteiger partial charge in [0.05, 0.1) is 28.3 Å². The maximum atomic E-state index is 13.1. The van der Waals surface area contributed by atoms with Gasteiger partial charge in [-0.2, -0.15) is 0 Å². The average molecular weight is 610 g/mol. The van der Waals surface area contributed by atoms with Crippen LogP contribution in [0.2, 0.25) is 15.1 Å². The molecule has 1 aromatic heterocycles. The van der Waals surface area contributed by atoms with Gasteiger partial charge in [0.15, 0.2) is 0 Å². The van der Waals surface area contributed by atoms with Crippen molar-refractivity contribution in [2.24, 2.45) is 0 Å². The third-order valence-electron chi connectivity index (χ3n) is 7.04. The van der Waals surface area contributed by atoms with Crippen LogP contribution >= 0.6 is 34.8 Å². The Morgan fingerprint density at radius 2 is 1.46 bits per heavy atom. The Morgan fingerprint density at radius 1 is 0.780 bits per heavy atom. The zero-order valence-electron chi connectivity index (χ0n) is 22.0. The van der Waals surface area contributed by atoms with Crippen molar-refractivity contribution in [3.63, 3.8) is 0 Å². The van der Waals surface area contributed by atoms with Gasteiger partial charge in [-0.25, -0.2) is 0 Å². The highest BCUT2D eigenvalue weighted by molar-refractivity contribution is 6.42. The molecule has 7 nitrogen and oxygen atoms in total. The zero-order chi connectivity index (χ0) is 28.9. The molecule has 0 aliphatic carbocycles. The number of carbonyl (C=O) groups excluding carboxylic acids is 2. The molecule has 1 atom stereocenters. The van der Waals surface area contributed by atoms with Crippen LogP contribution in [0, 0.1) is 0 Å². The molecule has 1 aliphatic rings. The lowest BCUT2D eigenvalue weighted by Gasteiger charge is -2.39. The Bertz CT molecular complexity index is 1600. The topological polar surface area (TPSA) is 74.6 Å². The van der Waals surface area contributed by atoms with Crippen molar-refractivity contribution >= 4 is 52.3 Å². The van der Waals surface area contributed by atoms with Crippen molar-refractivity contribution in [1.82, 2.24) is 14.4 Å². The number of benzene rings is 3. The number of rotatable bonds is 6. The van der Waals surface area contributed by atoms with Crippen LogP contribution in [0.25, 0.3) is 0 Å². The number of nitrogens with one attached hydrogen (secondary N) is 1.